The summed E-state index contributed by atoms with van der Waals surface area (Å²) >= 11 is 0. The fourth-order valence-corrected chi connectivity index (χ4v) is 13.1. The van der Waals surface area contributed by atoms with Crippen molar-refractivity contribution in [2.45, 2.75) is 226 Å². The molecule has 2 aliphatic heterocycles. The number of alkyl halides is 3. The van der Waals surface area contributed by atoms with Gasteiger partial charge < -0.3 is 66.8 Å². The topological polar surface area (TPSA) is 359 Å². The van der Waals surface area contributed by atoms with E-state index in [0.717, 1.165) is 22.0 Å². The average molecular weight is 1460 g/mol. The third-order valence-corrected chi connectivity index (χ3v) is 19.2. The summed E-state index contributed by atoms with van der Waals surface area (Å²) in [5.74, 6) is -6.99. The number of imide groups is 1. The van der Waals surface area contributed by atoms with E-state index in [0.29, 0.717) is 42.6 Å². The SMILES string of the molecule is CCC(C)C(C(CC(=O)N1CCCC1C(OC)C(C)C(=O)NC(C)C(O)c1ccccc1)OC)N(C)C(=O)C(NC(=O)C(C(C)C)N(C)C(=O)OCc1ccc(NC(=O)CCCNC(=O)C(CCCNC(N)=O)NC(=O)C(NC(CCCCCN2C(=O)C=CC2=O)C(F)(F)F)C(C)C)cc1)C(C)C. The molecule has 2 heterocycles. The van der Waals surface area contributed by atoms with Crippen LogP contribution in [0.2, 0.25) is 0 Å². The number of nitrogens with zero attached hydrogens (tertiary/aromatic N) is 4. The Labute approximate surface area is 604 Å². The molecule has 12 amide bonds. The first kappa shape index (κ1) is 87.2. The number of anilines is 1. The van der Waals surface area contributed by atoms with Gasteiger partial charge in [-0.2, -0.15) is 13.2 Å². The third-order valence-electron chi connectivity index (χ3n) is 19.2. The Morgan fingerprint density at radius 2 is 1.34 bits per heavy atom. The van der Waals surface area contributed by atoms with Crippen LogP contribution in [-0.2, 0) is 64.0 Å². The van der Waals surface area contributed by atoms with Crippen molar-refractivity contribution in [3.8, 4) is 0 Å². The number of urea groups is 1. The maximum absolute atomic E-state index is 14.8. The van der Waals surface area contributed by atoms with Gasteiger partial charge in [-0.25, -0.2) is 9.59 Å². The maximum atomic E-state index is 14.8. The number of ether oxygens (including phenoxy) is 3. The van der Waals surface area contributed by atoms with Crippen molar-refractivity contribution >= 4 is 71.0 Å². The number of hydrogen-bond donors (Lipinski definition) is 9. The highest BCUT2D eigenvalue weighted by molar-refractivity contribution is 6.12. The molecule has 2 aliphatic rings. The van der Waals surface area contributed by atoms with Crippen LogP contribution in [0.3, 0.4) is 0 Å². The van der Waals surface area contributed by atoms with E-state index in [9.17, 15) is 71.0 Å². The molecule has 30 heteroatoms. The van der Waals surface area contributed by atoms with E-state index in [-0.39, 0.29) is 95.3 Å². The summed E-state index contributed by atoms with van der Waals surface area (Å²) in [6, 6.07) is 6.02. The normalized spacial score (nSPS) is 17.4. The minimum absolute atomic E-state index is 0.0307. The van der Waals surface area contributed by atoms with Crippen molar-refractivity contribution in [2.75, 3.05) is 59.8 Å². The molecule has 0 radical (unpaired) electrons. The molecule has 1 fully saturated rings. The average Bonchev–Trinajstić information content (AvgIpc) is 1.55. The fourth-order valence-electron chi connectivity index (χ4n) is 13.1. The van der Waals surface area contributed by atoms with E-state index in [4.69, 9.17) is 19.9 Å². The van der Waals surface area contributed by atoms with Crippen LogP contribution in [0.25, 0.3) is 0 Å². The van der Waals surface area contributed by atoms with Crippen LogP contribution < -0.4 is 43.0 Å². The highest BCUT2D eigenvalue weighted by Gasteiger charge is 2.45. The molecular formula is C73H113F3N12O15. The Hall–Kier alpha value is -8.22. The van der Waals surface area contributed by atoms with Crippen LogP contribution >= 0.6 is 0 Å². The molecular weight excluding hydrogens is 1340 g/mol. The van der Waals surface area contributed by atoms with Gasteiger partial charge in [0.25, 0.3) is 11.8 Å². The summed E-state index contributed by atoms with van der Waals surface area (Å²) in [5, 5.41) is 29.6. The first-order valence-electron chi connectivity index (χ1n) is 35.8. The number of primary amides is 1. The van der Waals surface area contributed by atoms with E-state index < -0.39 is 156 Å². The summed E-state index contributed by atoms with van der Waals surface area (Å²) < 4.78 is 60.8. The first-order chi connectivity index (χ1) is 48.6. The smallest absolute Gasteiger partial charge is 0.410 e. The maximum Gasteiger partial charge on any atom is 0.410 e. The summed E-state index contributed by atoms with van der Waals surface area (Å²) in [6.07, 6.45) is -3.58. The molecule has 4 rings (SSSR count). The lowest BCUT2D eigenvalue weighted by Gasteiger charge is -2.41. The van der Waals surface area contributed by atoms with Gasteiger partial charge >= 0.3 is 18.3 Å². The molecule has 0 aromatic heterocycles. The largest absolute Gasteiger partial charge is 0.445 e. The lowest BCUT2D eigenvalue weighted by Crippen LogP contribution is -2.60. The molecule has 2 aromatic rings. The van der Waals surface area contributed by atoms with Crippen LogP contribution in [-0.4, -0.2) is 211 Å². The van der Waals surface area contributed by atoms with Gasteiger partial charge in [-0.15, -0.1) is 0 Å². The second kappa shape index (κ2) is 42.5. The number of aliphatic hydroxyl groups excluding tert-OH is 1. The molecule has 0 saturated carbocycles. The highest BCUT2D eigenvalue weighted by atomic mass is 19.4. The number of aliphatic hydroxyl groups is 1. The van der Waals surface area contributed by atoms with E-state index in [1.807, 2.05) is 32.0 Å². The Morgan fingerprint density at radius 1 is 0.709 bits per heavy atom. The van der Waals surface area contributed by atoms with Gasteiger partial charge in [-0.3, -0.25) is 58.3 Å². The molecule has 0 bridgehead atoms. The van der Waals surface area contributed by atoms with Gasteiger partial charge in [0, 0.05) is 78.8 Å². The van der Waals surface area contributed by atoms with Crippen molar-refractivity contribution in [3.05, 3.63) is 77.9 Å². The molecule has 27 nitrogen and oxygen atoms in total. The lowest BCUT2D eigenvalue weighted by molar-refractivity contribution is -0.162. The van der Waals surface area contributed by atoms with Crippen LogP contribution in [0.4, 0.5) is 28.4 Å². The fraction of sp³-hybridized carbons (Fsp3) is 0.658. The third kappa shape index (κ3) is 26.8. The Kier molecular flexibility index (Phi) is 36.0. The number of rotatable bonds is 43. The number of carbonyl (C=O) groups excluding carboxylic acids is 11. The van der Waals surface area contributed by atoms with Gasteiger partial charge in [0.2, 0.25) is 41.4 Å². The van der Waals surface area contributed by atoms with Gasteiger partial charge in [0.15, 0.2) is 0 Å². The zero-order chi connectivity index (χ0) is 77.0. The molecule has 1 saturated heterocycles. The minimum Gasteiger partial charge on any atom is -0.445 e. The monoisotopic (exact) mass is 1450 g/mol. The minimum atomic E-state index is -4.75. The van der Waals surface area contributed by atoms with E-state index >= 15 is 0 Å². The second-order valence-electron chi connectivity index (χ2n) is 28.0. The van der Waals surface area contributed by atoms with Crippen LogP contribution in [0.5, 0.6) is 0 Å². The van der Waals surface area contributed by atoms with Crippen molar-refractivity contribution in [1.82, 2.24) is 51.5 Å². The number of carbonyl (C=O) groups is 11. The molecule has 13 atom stereocenters. The number of amides is 12. The molecule has 0 aliphatic carbocycles. The van der Waals surface area contributed by atoms with Gasteiger partial charge in [0.05, 0.1) is 54.8 Å². The Morgan fingerprint density at radius 3 is 1.91 bits per heavy atom. The quantitative estimate of drug-likeness (QED) is 0.0257. The lowest BCUT2D eigenvalue weighted by atomic mass is 9.89. The Balaban J connectivity index is 1.31. The van der Waals surface area contributed by atoms with Crippen LogP contribution in [0.15, 0.2) is 66.7 Å². The zero-order valence-corrected chi connectivity index (χ0v) is 62.3. The summed E-state index contributed by atoms with van der Waals surface area (Å²) in [7, 11) is 6.04. The number of likely N-dealkylation sites (N-methyl/N-ethyl adjacent to an activating group) is 2. The van der Waals surface area contributed by atoms with Crippen LogP contribution in [0.1, 0.15) is 164 Å². The van der Waals surface area contributed by atoms with Crippen LogP contribution in [0, 0.1) is 29.6 Å². The first-order valence-corrected chi connectivity index (χ1v) is 35.8. The van der Waals surface area contributed by atoms with Gasteiger partial charge in [-0.05, 0) is 98.8 Å². The number of hydrogen-bond acceptors (Lipinski definition) is 16. The molecule has 103 heavy (non-hydrogen) atoms. The number of benzene rings is 2. The molecule has 2 aromatic carbocycles. The Bertz CT molecular complexity index is 3130. The molecule has 576 valence electrons. The number of halogens is 3. The standard InChI is InChI=1S/C73H113F3N12O15/c1-15-46(8)63(54(101-13)41-59(92)87-40-24-28-53(87)65(102-14)47(9)66(94)80-48(10)64(93)50-25-18-16-19-26-50)85(11)70(98)61(44(4)5)84-69(97)62(45(6)7)86(12)72(100)103-42-49-31-33-51(34-32-49)81-56(89)30-23-37-78-67(95)52(27-22-38-79-71(77)99)82-68(96)60(43(2)3)83-55(73(74,75)76)29-20-17-21-39-88-57(90)35-36-58(88)91/h16,18-19,25-26,31-36,43-48,52-55,60-65,83,93H,15,17,20-24,27-30,37-42H2,1-14H3,(H,78,95)(H,80,94)(H,81,89)(H,82,96)(H,84,97)(H3,77,79,99). The molecule has 10 N–H and O–H groups in total. The number of nitrogens with two attached hydrogens (primary N) is 1. The summed E-state index contributed by atoms with van der Waals surface area (Å²) in [6.45, 7) is 17.8. The summed E-state index contributed by atoms with van der Waals surface area (Å²) in [4.78, 5) is 152. The number of nitrogens with one attached hydrogen (secondary N) is 7. The van der Waals surface area contributed by atoms with E-state index in [1.54, 1.807) is 104 Å². The molecule has 13 unspecified atom stereocenters. The number of methoxy groups -OCH3 is 2. The van der Waals surface area contributed by atoms with Crippen molar-refractivity contribution in [3.63, 3.8) is 0 Å². The number of unbranched alkanes of at least 4 members (excludes halogenated alkanes) is 2. The van der Waals surface area contributed by atoms with Gasteiger partial charge in [-0.1, -0.05) is 124 Å². The summed E-state index contributed by atoms with van der Waals surface area (Å²) in [5.41, 5.74) is 6.78. The van der Waals surface area contributed by atoms with Gasteiger partial charge in [0.1, 0.15) is 30.8 Å². The predicted octanol–water partition coefficient (Wildman–Crippen LogP) is 6.38. The van der Waals surface area contributed by atoms with Crippen molar-refractivity contribution in [1.29, 1.82) is 0 Å². The molecule has 0 spiro atoms. The zero-order valence-electron chi connectivity index (χ0n) is 62.3. The van der Waals surface area contributed by atoms with Crippen molar-refractivity contribution < 1.29 is 85.2 Å². The predicted molar refractivity (Wildman–Crippen MR) is 380 cm³/mol. The van der Waals surface area contributed by atoms with E-state index in [1.165, 1.54) is 26.2 Å². The highest BCUT2D eigenvalue weighted by Crippen LogP contribution is 2.31. The number of likely N-dealkylation sites (tertiary alicyclic amines) is 1. The van der Waals surface area contributed by atoms with E-state index in [2.05, 4.69) is 37.2 Å². The second-order valence-corrected chi connectivity index (χ2v) is 28.0. The van der Waals surface area contributed by atoms with Crippen molar-refractivity contribution in [2.24, 2.45) is 35.3 Å².